The van der Waals surface area contributed by atoms with Gasteiger partial charge in [-0.15, -0.1) is 0 Å². The van der Waals surface area contributed by atoms with Crippen LogP contribution in [0.2, 0.25) is 0 Å². The minimum atomic E-state index is 0.0878. The maximum Gasteiger partial charge on any atom is 0.226 e. The SMILES string of the molecule is CC1CN(C(=O)CCOc2ccccc2)CC/C1=N\O. The molecule has 1 saturated heterocycles. The summed E-state index contributed by atoms with van der Waals surface area (Å²) >= 11 is 0. The summed E-state index contributed by atoms with van der Waals surface area (Å²) in [6.45, 7) is 3.58. The van der Waals surface area contributed by atoms with E-state index in [4.69, 9.17) is 9.94 Å². The maximum absolute atomic E-state index is 12.1. The van der Waals surface area contributed by atoms with Gasteiger partial charge in [0.25, 0.3) is 0 Å². The molecule has 0 bridgehead atoms. The highest BCUT2D eigenvalue weighted by molar-refractivity contribution is 5.89. The molecule has 2 rings (SSSR count). The second-order valence-corrected chi connectivity index (χ2v) is 4.99. The number of piperidine rings is 1. The molecular weight excluding hydrogens is 256 g/mol. The Morgan fingerprint density at radius 1 is 1.45 bits per heavy atom. The quantitative estimate of drug-likeness (QED) is 0.677. The van der Waals surface area contributed by atoms with E-state index in [1.54, 1.807) is 0 Å². The molecule has 5 nitrogen and oxygen atoms in total. The van der Waals surface area contributed by atoms with Gasteiger partial charge in [-0.2, -0.15) is 0 Å². The first-order valence-corrected chi connectivity index (χ1v) is 6.87. The standard InChI is InChI=1S/C15H20N2O3/c1-12-11-17(9-7-14(12)16-19)15(18)8-10-20-13-5-3-2-4-6-13/h2-6,12,19H,7-11H2,1H3/b16-14+. The van der Waals surface area contributed by atoms with E-state index < -0.39 is 0 Å². The van der Waals surface area contributed by atoms with Gasteiger partial charge in [-0.05, 0) is 12.1 Å². The summed E-state index contributed by atoms with van der Waals surface area (Å²) in [7, 11) is 0. The third kappa shape index (κ3) is 3.73. The van der Waals surface area contributed by atoms with Crippen LogP contribution >= 0.6 is 0 Å². The summed E-state index contributed by atoms with van der Waals surface area (Å²) in [5.41, 5.74) is 0.773. The van der Waals surface area contributed by atoms with Crippen molar-refractivity contribution in [1.82, 2.24) is 4.90 Å². The summed E-state index contributed by atoms with van der Waals surface area (Å²) in [4.78, 5) is 13.9. The van der Waals surface area contributed by atoms with Crippen LogP contribution in [0.15, 0.2) is 35.5 Å². The fourth-order valence-corrected chi connectivity index (χ4v) is 2.33. The number of benzene rings is 1. The lowest BCUT2D eigenvalue weighted by Gasteiger charge is -2.31. The van der Waals surface area contributed by atoms with Crippen LogP contribution < -0.4 is 4.74 Å². The van der Waals surface area contributed by atoms with E-state index in [9.17, 15) is 4.79 Å². The monoisotopic (exact) mass is 276 g/mol. The molecule has 0 radical (unpaired) electrons. The average molecular weight is 276 g/mol. The van der Waals surface area contributed by atoms with Gasteiger partial charge in [0.1, 0.15) is 5.75 Å². The van der Waals surface area contributed by atoms with E-state index in [2.05, 4.69) is 5.16 Å². The molecule has 1 N–H and O–H groups in total. The smallest absolute Gasteiger partial charge is 0.226 e. The highest BCUT2D eigenvalue weighted by Crippen LogP contribution is 2.15. The average Bonchev–Trinajstić information content (AvgIpc) is 2.48. The Morgan fingerprint density at radius 2 is 2.20 bits per heavy atom. The van der Waals surface area contributed by atoms with Gasteiger partial charge in [0, 0.05) is 25.4 Å². The van der Waals surface area contributed by atoms with Crippen molar-refractivity contribution in [2.24, 2.45) is 11.1 Å². The van der Waals surface area contributed by atoms with Crippen LogP contribution in [0, 0.1) is 5.92 Å². The van der Waals surface area contributed by atoms with Gasteiger partial charge in [0.2, 0.25) is 5.91 Å². The second-order valence-electron chi connectivity index (χ2n) is 4.99. The number of nitrogens with zero attached hydrogens (tertiary/aromatic N) is 2. The number of para-hydroxylation sites is 1. The maximum atomic E-state index is 12.1. The van der Waals surface area contributed by atoms with Crippen LogP contribution in [-0.2, 0) is 4.79 Å². The summed E-state index contributed by atoms with van der Waals surface area (Å²) < 4.78 is 5.53. The molecule has 1 aromatic carbocycles. The number of hydrogen-bond donors (Lipinski definition) is 1. The number of hydrogen-bond acceptors (Lipinski definition) is 4. The zero-order chi connectivity index (χ0) is 14.4. The highest BCUT2D eigenvalue weighted by atomic mass is 16.5. The molecule has 1 amide bonds. The Balaban J connectivity index is 1.75. The predicted molar refractivity (Wildman–Crippen MR) is 76.1 cm³/mol. The molecular formula is C15H20N2O3. The van der Waals surface area contributed by atoms with E-state index >= 15 is 0 Å². The van der Waals surface area contributed by atoms with Gasteiger partial charge in [0.15, 0.2) is 0 Å². The van der Waals surface area contributed by atoms with E-state index in [0.29, 0.717) is 32.5 Å². The van der Waals surface area contributed by atoms with Crippen LogP contribution in [0.1, 0.15) is 19.8 Å². The van der Waals surface area contributed by atoms with Crippen molar-refractivity contribution in [2.75, 3.05) is 19.7 Å². The number of amides is 1. The summed E-state index contributed by atoms with van der Waals surface area (Å²) in [5, 5.41) is 12.1. The van der Waals surface area contributed by atoms with Crippen LogP contribution in [0.3, 0.4) is 0 Å². The van der Waals surface area contributed by atoms with Crippen LogP contribution in [-0.4, -0.2) is 41.4 Å². The van der Waals surface area contributed by atoms with Crippen molar-refractivity contribution >= 4 is 11.6 Å². The lowest BCUT2D eigenvalue weighted by atomic mass is 9.97. The van der Waals surface area contributed by atoms with Gasteiger partial charge in [-0.3, -0.25) is 4.79 Å². The molecule has 0 aliphatic carbocycles. The largest absolute Gasteiger partial charge is 0.493 e. The van der Waals surface area contributed by atoms with Crippen LogP contribution in [0.4, 0.5) is 0 Å². The molecule has 108 valence electrons. The molecule has 1 atom stereocenters. The van der Waals surface area contributed by atoms with Crippen molar-refractivity contribution < 1.29 is 14.7 Å². The minimum absolute atomic E-state index is 0.0878. The Hall–Kier alpha value is -2.04. The topological polar surface area (TPSA) is 62.1 Å². The third-order valence-corrected chi connectivity index (χ3v) is 3.51. The normalized spacial score (nSPS) is 20.9. The molecule has 1 aliphatic heterocycles. The van der Waals surface area contributed by atoms with Crippen LogP contribution in [0.5, 0.6) is 5.75 Å². The summed E-state index contributed by atoms with van der Waals surface area (Å²) in [6, 6.07) is 9.47. The fraction of sp³-hybridized carbons (Fsp3) is 0.467. The molecule has 0 saturated carbocycles. The molecule has 0 spiro atoms. The lowest BCUT2D eigenvalue weighted by molar-refractivity contribution is -0.132. The first kappa shape index (κ1) is 14.4. The second kappa shape index (κ2) is 6.93. The van der Waals surface area contributed by atoms with Gasteiger partial charge in [-0.1, -0.05) is 30.3 Å². The van der Waals surface area contributed by atoms with Gasteiger partial charge in [0.05, 0.1) is 18.7 Å². The number of likely N-dealkylation sites (tertiary alicyclic amines) is 1. The van der Waals surface area contributed by atoms with Gasteiger partial charge >= 0.3 is 0 Å². The van der Waals surface area contributed by atoms with E-state index in [1.807, 2.05) is 42.2 Å². The third-order valence-electron chi connectivity index (χ3n) is 3.51. The molecule has 1 aliphatic rings. The molecule has 0 aromatic heterocycles. The molecule has 1 heterocycles. The number of ether oxygens (including phenoxy) is 1. The zero-order valence-electron chi connectivity index (χ0n) is 11.7. The molecule has 1 unspecified atom stereocenters. The Labute approximate surface area is 118 Å². The lowest BCUT2D eigenvalue weighted by Crippen LogP contribution is -2.43. The fourth-order valence-electron chi connectivity index (χ4n) is 2.33. The van der Waals surface area contributed by atoms with Crippen LogP contribution in [0.25, 0.3) is 0 Å². The van der Waals surface area contributed by atoms with Crippen molar-refractivity contribution in [3.05, 3.63) is 30.3 Å². The molecule has 1 aromatic rings. The highest BCUT2D eigenvalue weighted by Gasteiger charge is 2.25. The number of rotatable bonds is 4. The van der Waals surface area contributed by atoms with E-state index in [-0.39, 0.29) is 11.8 Å². The number of oxime groups is 1. The van der Waals surface area contributed by atoms with Crippen molar-refractivity contribution in [1.29, 1.82) is 0 Å². The van der Waals surface area contributed by atoms with Crippen molar-refractivity contribution in [3.63, 3.8) is 0 Å². The minimum Gasteiger partial charge on any atom is -0.493 e. The number of carbonyl (C=O) groups is 1. The molecule has 20 heavy (non-hydrogen) atoms. The van der Waals surface area contributed by atoms with Gasteiger partial charge < -0.3 is 14.8 Å². The molecule has 1 fully saturated rings. The number of carbonyl (C=O) groups excluding carboxylic acids is 1. The zero-order valence-corrected chi connectivity index (χ0v) is 11.7. The summed E-state index contributed by atoms with van der Waals surface area (Å²) in [6.07, 6.45) is 1.01. The predicted octanol–water partition coefficient (Wildman–Crippen LogP) is 2.15. The Bertz CT molecular complexity index is 473. The summed E-state index contributed by atoms with van der Waals surface area (Å²) in [5.74, 6) is 0.986. The molecule has 5 heteroatoms. The van der Waals surface area contributed by atoms with Crippen molar-refractivity contribution in [2.45, 2.75) is 19.8 Å². The Morgan fingerprint density at radius 3 is 2.85 bits per heavy atom. The van der Waals surface area contributed by atoms with E-state index in [1.165, 1.54) is 0 Å². The van der Waals surface area contributed by atoms with Gasteiger partial charge in [-0.25, -0.2) is 0 Å². The van der Waals surface area contributed by atoms with E-state index in [0.717, 1.165) is 11.5 Å². The first-order chi connectivity index (χ1) is 9.70. The Kier molecular flexibility index (Phi) is 4.98. The first-order valence-electron chi connectivity index (χ1n) is 6.87. The van der Waals surface area contributed by atoms with Crippen molar-refractivity contribution in [3.8, 4) is 5.75 Å².